The molecule has 1 aliphatic heterocycles. The van der Waals surface area contributed by atoms with E-state index in [1.54, 1.807) is 17.0 Å². The fourth-order valence-electron chi connectivity index (χ4n) is 3.63. The maximum atomic E-state index is 13.0. The number of carbonyl (C=O) groups is 1. The SMILES string of the molecule is CC(C)C(NC(N)=S)C(=O)N1CCC(O)(c2ccc(Cl)cc2)C(C)(C)C1. The summed E-state index contributed by atoms with van der Waals surface area (Å²) in [7, 11) is 0. The van der Waals surface area contributed by atoms with Gasteiger partial charge in [-0.1, -0.05) is 51.4 Å². The predicted octanol–water partition coefficient (Wildman–Crippen LogP) is 2.64. The molecule has 4 N–H and O–H groups in total. The first-order chi connectivity index (χ1) is 12.0. The van der Waals surface area contributed by atoms with Crippen LogP contribution in [0.3, 0.4) is 0 Å². The van der Waals surface area contributed by atoms with Crippen LogP contribution in [0.15, 0.2) is 24.3 Å². The van der Waals surface area contributed by atoms with Crippen LogP contribution >= 0.6 is 23.8 Å². The number of piperidine rings is 1. The Labute approximate surface area is 165 Å². The molecule has 1 aromatic carbocycles. The van der Waals surface area contributed by atoms with E-state index in [-0.39, 0.29) is 16.9 Å². The average Bonchev–Trinajstić information content (AvgIpc) is 2.54. The number of halogens is 1. The van der Waals surface area contributed by atoms with Gasteiger partial charge in [0.1, 0.15) is 6.04 Å². The van der Waals surface area contributed by atoms with Gasteiger partial charge in [-0.15, -0.1) is 0 Å². The normalized spacial score (nSPS) is 23.6. The molecule has 0 saturated carbocycles. The van der Waals surface area contributed by atoms with Crippen LogP contribution in [0.4, 0.5) is 0 Å². The molecule has 0 spiro atoms. The van der Waals surface area contributed by atoms with E-state index < -0.39 is 17.1 Å². The van der Waals surface area contributed by atoms with Gasteiger partial charge in [0.05, 0.1) is 5.60 Å². The van der Waals surface area contributed by atoms with E-state index in [0.29, 0.717) is 24.5 Å². The van der Waals surface area contributed by atoms with Crippen molar-refractivity contribution in [3.05, 3.63) is 34.9 Å². The Morgan fingerprint density at radius 2 is 1.92 bits per heavy atom. The first-order valence-corrected chi connectivity index (χ1v) is 9.60. The number of benzene rings is 1. The zero-order valence-corrected chi connectivity index (χ0v) is 17.3. The number of nitrogens with one attached hydrogen (secondary N) is 1. The Balaban J connectivity index is 2.23. The third kappa shape index (κ3) is 4.13. The number of rotatable bonds is 4. The van der Waals surface area contributed by atoms with Crippen molar-refractivity contribution in [2.24, 2.45) is 17.1 Å². The highest BCUT2D eigenvalue weighted by atomic mass is 35.5. The summed E-state index contributed by atoms with van der Waals surface area (Å²) in [6.07, 6.45) is 0.450. The van der Waals surface area contributed by atoms with Crippen molar-refractivity contribution in [3.63, 3.8) is 0 Å². The van der Waals surface area contributed by atoms with Crippen LogP contribution < -0.4 is 11.1 Å². The maximum absolute atomic E-state index is 13.0. The van der Waals surface area contributed by atoms with Crippen molar-refractivity contribution in [1.82, 2.24) is 10.2 Å². The number of aliphatic hydroxyl groups is 1. The summed E-state index contributed by atoms with van der Waals surface area (Å²) in [4.78, 5) is 14.8. The number of nitrogens with zero attached hydrogens (tertiary/aromatic N) is 1. The molecule has 0 radical (unpaired) electrons. The zero-order chi connectivity index (χ0) is 19.7. The molecule has 1 aliphatic rings. The monoisotopic (exact) mass is 397 g/mol. The van der Waals surface area contributed by atoms with Crippen molar-refractivity contribution < 1.29 is 9.90 Å². The second-order valence-electron chi connectivity index (χ2n) is 7.99. The number of thiocarbonyl (C=S) groups is 1. The Hall–Kier alpha value is -1.37. The molecule has 1 saturated heterocycles. The van der Waals surface area contributed by atoms with E-state index in [1.807, 2.05) is 39.8 Å². The molecule has 0 aromatic heterocycles. The molecule has 5 nitrogen and oxygen atoms in total. The third-order valence-electron chi connectivity index (χ3n) is 5.31. The highest BCUT2D eigenvalue weighted by Crippen LogP contribution is 2.46. The first-order valence-electron chi connectivity index (χ1n) is 8.81. The average molecular weight is 398 g/mol. The van der Waals surface area contributed by atoms with Crippen LogP contribution in [-0.2, 0) is 10.4 Å². The molecular formula is C19H28ClN3O2S. The molecule has 0 aliphatic carbocycles. The largest absolute Gasteiger partial charge is 0.384 e. The Morgan fingerprint density at radius 3 is 2.38 bits per heavy atom. The van der Waals surface area contributed by atoms with Crippen LogP contribution in [0.2, 0.25) is 5.02 Å². The summed E-state index contributed by atoms with van der Waals surface area (Å²) >= 11 is 10.9. The minimum Gasteiger partial charge on any atom is -0.384 e. The molecule has 1 fully saturated rings. The molecule has 26 heavy (non-hydrogen) atoms. The first kappa shape index (κ1) is 20.9. The number of amides is 1. The van der Waals surface area contributed by atoms with Crippen LogP contribution in [0.5, 0.6) is 0 Å². The van der Waals surface area contributed by atoms with Crippen molar-refractivity contribution >= 4 is 34.8 Å². The van der Waals surface area contributed by atoms with Crippen LogP contribution in [0.1, 0.15) is 39.7 Å². The Bertz CT molecular complexity index is 678. The molecule has 144 valence electrons. The van der Waals surface area contributed by atoms with Gasteiger partial charge in [0.25, 0.3) is 0 Å². The minimum absolute atomic E-state index is 0.0426. The lowest BCUT2D eigenvalue weighted by Gasteiger charge is -2.51. The summed E-state index contributed by atoms with van der Waals surface area (Å²) in [6.45, 7) is 8.76. The molecule has 1 heterocycles. The Morgan fingerprint density at radius 1 is 1.35 bits per heavy atom. The molecule has 7 heteroatoms. The van der Waals surface area contributed by atoms with E-state index >= 15 is 0 Å². The van der Waals surface area contributed by atoms with Crippen molar-refractivity contribution in [1.29, 1.82) is 0 Å². The number of carbonyl (C=O) groups excluding carboxylic acids is 1. The molecule has 1 aromatic rings. The smallest absolute Gasteiger partial charge is 0.245 e. The second-order valence-corrected chi connectivity index (χ2v) is 8.87. The van der Waals surface area contributed by atoms with Crippen molar-refractivity contribution in [2.75, 3.05) is 13.1 Å². The summed E-state index contributed by atoms with van der Waals surface area (Å²) in [5, 5.41) is 15.1. The number of nitrogens with two attached hydrogens (primary N) is 1. The van der Waals surface area contributed by atoms with Gasteiger partial charge in [-0.3, -0.25) is 4.79 Å². The van der Waals surface area contributed by atoms with Gasteiger partial charge in [-0.2, -0.15) is 0 Å². The molecule has 2 unspecified atom stereocenters. The molecular weight excluding hydrogens is 370 g/mol. The topological polar surface area (TPSA) is 78.6 Å². The fraction of sp³-hybridized carbons (Fsp3) is 0.579. The summed E-state index contributed by atoms with van der Waals surface area (Å²) in [5.74, 6) is 0.00298. The van der Waals surface area contributed by atoms with Crippen LogP contribution in [0, 0.1) is 11.3 Å². The summed E-state index contributed by atoms with van der Waals surface area (Å²) in [6, 6.07) is 6.80. The van der Waals surface area contributed by atoms with Crippen molar-refractivity contribution in [2.45, 2.75) is 45.8 Å². The predicted molar refractivity (Wildman–Crippen MR) is 109 cm³/mol. The lowest BCUT2D eigenvalue weighted by molar-refractivity contribution is -0.155. The summed E-state index contributed by atoms with van der Waals surface area (Å²) in [5.41, 5.74) is 4.84. The zero-order valence-electron chi connectivity index (χ0n) is 15.8. The quantitative estimate of drug-likeness (QED) is 0.681. The fourth-order valence-corrected chi connectivity index (χ4v) is 3.89. The van der Waals surface area contributed by atoms with E-state index in [0.717, 1.165) is 5.56 Å². The number of hydrogen-bond donors (Lipinski definition) is 3. The second kappa shape index (κ2) is 7.71. The minimum atomic E-state index is -1.03. The molecule has 2 rings (SSSR count). The van der Waals surface area contributed by atoms with Crippen LogP contribution in [-0.4, -0.2) is 40.2 Å². The standard InChI is InChI=1S/C19H28ClN3O2S/c1-12(2)15(22-17(21)26)16(24)23-10-9-19(25,18(3,4)11-23)13-5-7-14(20)8-6-13/h5-8,12,15,25H,9-11H2,1-4H3,(H3,21,22,26). The lowest BCUT2D eigenvalue weighted by atomic mass is 9.66. The maximum Gasteiger partial charge on any atom is 0.245 e. The highest BCUT2D eigenvalue weighted by Gasteiger charge is 2.50. The van der Waals surface area contributed by atoms with Gasteiger partial charge in [0.2, 0.25) is 5.91 Å². The molecule has 2 atom stereocenters. The van der Waals surface area contributed by atoms with E-state index in [4.69, 9.17) is 29.6 Å². The van der Waals surface area contributed by atoms with Gasteiger partial charge >= 0.3 is 0 Å². The van der Waals surface area contributed by atoms with E-state index in [2.05, 4.69) is 5.32 Å². The number of likely N-dealkylation sites (tertiary alicyclic amines) is 1. The third-order valence-corrected chi connectivity index (χ3v) is 5.68. The van der Waals surface area contributed by atoms with Gasteiger partial charge in [0.15, 0.2) is 5.11 Å². The van der Waals surface area contributed by atoms with Gasteiger partial charge in [-0.25, -0.2) is 0 Å². The molecule has 0 bridgehead atoms. The van der Waals surface area contributed by atoms with Crippen LogP contribution in [0.25, 0.3) is 0 Å². The van der Waals surface area contributed by atoms with Gasteiger partial charge in [0, 0.05) is 23.5 Å². The van der Waals surface area contributed by atoms with Crippen molar-refractivity contribution in [3.8, 4) is 0 Å². The van der Waals surface area contributed by atoms with Gasteiger partial charge in [-0.05, 0) is 42.3 Å². The van der Waals surface area contributed by atoms with E-state index in [1.165, 1.54) is 0 Å². The lowest BCUT2D eigenvalue weighted by Crippen LogP contribution is -2.60. The molecule has 1 amide bonds. The van der Waals surface area contributed by atoms with Gasteiger partial charge < -0.3 is 21.1 Å². The summed E-state index contributed by atoms with van der Waals surface area (Å²) < 4.78 is 0. The van der Waals surface area contributed by atoms with E-state index in [9.17, 15) is 9.90 Å². The number of hydrogen-bond acceptors (Lipinski definition) is 3. The Kier molecular flexibility index (Phi) is 6.20. The highest BCUT2D eigenvalue weighted by molar-refractivity contribution is 7.80.